The van der Waals surface area contributed by atoms with Gasteiger partial charge in [-0.25, -0.2) is 0 Å². The average Bonchev–Trinajstić information content (AvgIpc) is 2.78. The topological polar surface area (TPSA) is 63.1 Å². The Labute approximate surface area is 109 Å². The van der Waals surface area contributed by atoms with Crippen LogP contribution < -0.4 is 0 Å². The molecule has 1 aliphatic rings. The van der Waals surface area contributed by atoms with Crippen molar-refractivity contribution < 1.29 is 9.90 Å². The number of hydrogen-bond donors (Lipinski definition) is 1. The summed E-state index contributed by atoms with van der Waals surface area (Å²) >= 11 is 2.84. The van der Waals surface area contributed by atoms with Gasteiger partial charge in [-0.05, 0) is 19.8 Å². The zero-order valence-electron chi connectivity index (χ0n) is 9.76. The largest absolute Gasteiger partial charge is 0.480 e. The number of carbonyl (C=O) groups is 1. The summed E-state index contributed by atoms with van der Waals surface area (Å²) in [6.45, 7) is 1.68. The van der Waals surface area contributed by atoms with Crippen molar-refractivity contribution in [2.75, 3.05) is 0 Å². The van der Waals surface area contributed by atoms with Crippen LogP contribution in [0.3, 0.4) is 0 Å². The molecule has 1 atom stereocenters. The molecule has 1 aliphatic carbocycles. The van der Waals surface area contributed by atoms with Gasteiger partial charge in [0.25, 0.3) is 0 Å². The standard InChI is InChI=1S/C11H16N2O2S2/c1-7(10(14)15)16-11-13-12-9(17-11)8-5-3-2-4-6-8/h7-8H,2-6H2,1H3,(H,14,15). The van der Waals surface area contributed by atoms with Gasteiger partial charge in [-0.3, -0.25) is 4.79 Å². The minimum Gasteiger partial charge on any atom is -0.480 e. The molecule has 0 aliphatic heterocycles. The van der Waals surface area contributed by atoms with E-state index in [1.807, 2.05) is 0 Å². The maximum Gasteiger partial charge on any atom is 0.316 e. The van der Waals surface area contributed by atoms with Gasteiger partial charge in [-0.2, -0.15) is 0 Å². The van der Waals surface area contributed by atoms with E-state index in [2.05, 4.69) is 10.2 Å². The number of rotatable bonds is 4. The van der Waals surface area contributed by atoms with Crippen molar-refractivity contribution in [1.29, 1.82) is 0 Å². The Morgan fingerprint density at radius 2 is 2.12 bits per heavy atom. The number of hydrogen-bond acceptors (Lipinski definition) is 5. The summed E-state index contributed by atoms with van der Waals surface area (Å²) in [7, 11) is 0. The van der Waals surface area contributed by atoms with Gasteiger partial charge in [-0.1, -0.05) is 42.4 Å². The van der Waals surface area contributed by atoms with Crippen molar-refractivity contribution in [3.8, 4) is 0 Å². The minimum atomic E-state index is -0.801. The van der Waals surface area contributed by atoms with Gasteiger partial charge in [0, 0.05) is 5.92 Å². The van der Waals surface area contributed by atoms with Gasteiger partial charge in [-0.15, -0.1) is 10.2 Å². The molecule has 0 amide bonds. The fourth-order valence-corrected chi connectivity index (χ4v) is 4.10. The van der Waals surface area contributed by atoms with Gasteiger partial charge >= 0.3 is 5.97 Å². The zero-order valence-corrected chi connectivity index (χ0v) is 11.4. The monoisotopic (exact) mass is 272 g/mol. The lowest BCUT2D eigenvalue weighted by molar-refractivity contribution is -0.136. The third kappa shape index (κ3) is 3.42. The minimum absolute atomic E-state index is 0.456. The summed E-state index contributed by atoms with van der Waals surface area (Å²) in [5.41, 5.74) is 0. The van der Waals surface area contributed by atoms with E-state index in [0.29, 0.717) is 5.92 Å². The lowest BCUT2D eigenvalue weighted by Crippen LogP contribution is -2.10. The van der Waals surface area contributed by atoms with Crippen molar-refractivity contribution >= 4 is 29.1 Å². The molecule has 0 radical (unpaired) electrons. The Balaban J connectivity index is 1.97. The summed E-state index contributed by atoms with van der Waals surface area (Å²) < 4.78 is 0.778. The molecule has 2 rings (SSSR count). The first-order valence-corrected chi connectivity index (χ1v) is 7.59. The maximum atomic E-state index is 10.7. The van der Waals surface area contributed by atoms with Crippen LogP contribution in [0.2, 0.25) is 0 Å². The van der Waals surface area contributed by atoms with E-state index in [0.717, 1.165) is 9.35 Å². The van der Waals surface area contributed by atoms with Gasteiger partial charge in [0.05, 0.1) is 0 Å². The van der Waals surface area contributed by atoms with E-state index in [1.165, 1.54) is 43.9 Å². The van der Waals surface area contributed by atoms with Crippen molar-refractivity contribution in [1.82, 2.24) is 10.2 Å². The second-order valence-corrected chi connectivity index (χ2v) is 6.94. The molecule has 0 spiro atoms. The molecule has 1 heterocycles. The van der Waals surface area contributed by atoms with Crippen molar-refractivity contribution in [3.05, 3.63) is 5.01 Å². The molecule has 1 aromatic heterocycles. The first kappa shape index (κ1) is 12.8. The van der Waals surface area contributed by atoms with Crippen LogP contribution >= 0.6 is 23.1 Å². The maximum absolute atomic E-state index is 10.7. The van der Waals surface area contributed by atoms with Gasteiger partial charge in [0.2, 0.25) is 0 Å². The van der Waals surface area contributed by atoms with Crippen LogP contribution in [0.25, 0.3) is 0 Å². The quantitative estimate of drug-likeness (QED) is 0.853. The van der Waals surface area contributed by atoms with Crippen LogP contribution in [0.15, 0.2) is 4.34 Å². The number of aromatic nitrogens is 2. The third-order valence-electron chi connectivity index (χ3n) is 3.00. The molecule has 94 valence electrons. The van der Waals surface area contributed by atoms with E-state index >= 15 is 0 Å². The molecular weight excluding hydrogens is 256 g/mol. The second-order valence-electron chi connectivity index (χ2n) is 4.34. The molecule has 1 aromatic rings. The van der Waals surface area contributed by atoms with Crippen LogP contribution in [-0.2, 0) is 4.79 Å². The first-order chi connectivity index (χ1) is 8.16. The molecule has 0 bridgehead atoms. The van der Waals surface area contributed by atoms with E-state index in [1.54, 1.807) is 18.3 Å². The highest BCUT2D eigenvalue weighted by molar-refractivity contribution is 8.02. The SMILES string of the molecule is CC(Sc1nnc(C2CCCCC2)s1)C(=O)O. The number of nitrogens with zero attached hydrogens (tertiary/aromatic N) is 2. The van der Waals surface area contributed by atoms with Crippen molar-refractivity contribution in [3.63, 3.8) is 0 Å². The summed E-state index contributed by atoms with van der Waals surface area (Å²) in [5.74, 6) is -0.250. The Hall–Kier alpha value is -0.620. The Bertz CT molecular complexity index is 389. The fraction of sp³-hybridized carbons (Fsp3) is 0.727. The normalized spacial score (nSPS) is 19.1. The first-order valence-electron chi connectivity index (χ1n) is 5.89. The average molecular weight is 272 g/mol. The molecule has 1 saturated carbocycles. The van der Waals surface area contributed by atoms with Crippen molar-refractivity contribution in [2.45, 2.75) is 54.5 Å². The second kappa shape index (κ2) is 5.82. The molecule has 1 unspecified atom stereocenters. The molecule has 6 heteroatoms. The molecule has 1 N–H and O–H groups in total. The molecule has 17 heavy (non-hydrogen) atoms. The Morgan fingerprint density at radius 3 is 2.76 bits per heavy atom. The van der Waals surface area contributed by atoms with E-state index in [-0.39, 0.29) is 0 Å². The number of aliphatic carboxylic acids is 1. The Kier molecular flexibility index (Phi) is 4.39. The molecule has 1 fully saturated rings. The molecule has 0 saturated heterocycles. The lowest BCUT2D eigenvalue weighted by Gasteiger charge is -2.18. The molecule has 0 aromatic carbocycles. The van der Waals surface area contributed by atoms with Gasteiger partial charge < -0.3 is 5.11 Å². The predicted molar refractivity (Wildman–Crippen MR) is 68.7 cm³/mol. The lowest BCUT2D eigenvalue weighted by atomic mass is 9.90. The van der Waals surface area contributed by atoms with Crippen LogP contribution in [0.1, 0.15) is 50.0 Å². The third-order valence-corrected chi connectivity index (χ3v) is 5.26. The van der Waals surface area contributed by atoms with E-state index < -0.39 is 11.2 Å². The van der Waals surface area contributed by atoms with Crippen LogP contribution in [-0.4, -0.2) is 26.5 Å². The Morgan fingerprint density at radius 1 is 1.41 bits per heavy atom. The molecular formula is C11H16N2O2S2. The number of thioether (sulfide) groups is 1. The summed E-state index contributed by atoms with van der Waals surface area (Å²) in [6, 6.07) is 0. The number of carboxylic acids is 1. The molecule has 4 nitrogen and oxygen atoms in total. The summed E-state index contributed by atoms with van der Waals surface area (Å²) in [6.07, 6.45) is 6.28. The number of carboxylic acid groups (broad SMARTS) is 1. The summed E-state index contributed by atoms with van der Waals surface area (Å²) in [4.78, 5) is 10.7. The van der Waals surface area contributed by atoms with Crippen LogP contribution in [0.4, 0.5) is 0 Å². The van der Waals surface area contributed by atoms with E-state index in [4.69, 9.17) is 5.11 Å². The highest BCUT2D eigenvalue weighted by Gasteiger charge is 2.21. The highest BCUT2D eigenvalue weighted by atomic mass is 32.2. The van der Waals surface area contributed by atoms with Gasteiger partial charge in [0.1, 0.15) is 10.3 Å². The van der Waals surface area contributed by atoms with Crippen molar-refractivity contribution in [2.24, 2.45) is 0 Å². The van der Waals surface area contributed by atoms with Gasteiger partial charge in [0.15, 0.2) is 4.34 Å². The summed E-state index contributed by atoms with van der Waals surface area (Å²) in [5, 5.41) is 17.8. The predicted octanol–water partition coefficient (Wildman–Crippen LogP) is 3.15. The van der Waals surface area contributed by atoms with Crippen LogP contribution in [0, 0.1) is 0 Å². The highest BCUT2D eigenvalue weighted by Crippen LogP contribution is 2.36. The zero-order chi connectivity index (χ0) is 12.3. The fourth-order valence-electron chi connectivity index (χ4n) is 1.98. The smallest absolute Gasteiger partial charge is 0.316 e. The van der Waals surface area contributed by atoms with Crippen LogP contribution in [0.5, 0.6) is 0 Å². The van der Waals surface area contributed by atoms with E-state index in [9.17, 15) is 4.79 Å².